The van der Waals surface area contributed by atoms with E-state index in [-0.39, 0.29) is 22.7 Å². The molecule has 0 radical (unpaired) electrons. The summed E-state index contributed by atoms with van der Waals surface area (Å²) >= 11 is 2.94. The number of amides is 1. The number of carbonyl (C=O) groups excluding carboxylic acids is 1. The highest BCUT2D eigenvalue weighted by Gasteiger charge is 2.34. The molecule has 0 bridgehead atoms. The number of carbonyl (C=O) groups is 1. The minimum Gasteiger partial charge on any atom is -0.403 e. The third kappa shape index (κ3) is 5.22. The molecule has 3 heterocycles. The van der Waals surface area contributed by atoms with Crippen molar-refractivity contribution in [1.29, 1.82) is 0 Å². The van der Waals surface area contributed by atoms with Gasteiger partial charge in [-0.25, -0.2) is 8.42 Å². The largest absolute Gasteiger partial charge is 0.403 e. The lowest BCUT2D eigenvalue weighted by Crippen LogP contribution is -2.43. The highest BCUT2D eigenvalue weighted by atomic mass is 32.2. The molecular formula is C21H24N4O4S3. The van der Waals surface area contributed by atoms with Crippen molar-refractivity contribution in [2.45, 2.75) is 41.0 Å². The second-order valence-corrected chi connectivity index (χ2v) is 12.5. The van der Waals surface area contributed by atoms with E-state index < -0.39 is 15.9 Å². The predicted molar refractivity (Wildman–Crippen MR) is 125 cm³/mol. The number of thiophene rings is 1. The van der Waals surface area contributed by atoms with E-state index in [0.717, 1.165) is 10.5 Å². The Labute approximate surface area is 195 Å². The van der Waals surface area contributed by atoms with E-state index in [1.165, 1.54) is 15.6 Å². The molecule has 1 aliphatic heterocycles. The van der Waals surface area contributed by atoms with Gasteiger partial charge in [0.15, 0.2) is 0 Å². The van der Waals surface area contributed by atoms with Crippen LogP contribution in [-0.2, 0) is 14.8 Å². The fraction of sp³-hybridized carbons (Fsp3) is 0.381. The van der Waals surface area contributed by atoms with Gasteiger partial charge in [0, 0.05) is 28.8 Å². The first-order valence-corrected chi connectivity index (χ1v) is 13.5. The number of aromatic nitrogens is 2. The summed E-state index contributed by atoms with van der Waals surface area (Å²) in [6, 6.07) is 11.1. The van der Waals surface area contributed by atoms with Gasteiger partial charge < -0.3 is 4.42 Å². The molecule has 170 valence electrons. The first-order chi connectivity index (χ1) is 15.3. The molecule has 8 nitrogen and oxygen atoms in total. The van der Waals surface area contributed by atoms with Crippen molar-refractivity contribution >= 4 is 45.0 Å². The van der Waals surface area contributed by atoms with Gasteiger partial charge in [-0.05, 0) is 48.6 Å². The van der Waals surface area contributed by atoms with Crippen molar-refractivity contribution in [2.24, 2.45) is 5.92 Å². The number of nitrogens with zero attached hydrogens (tertiary/aromatic N) is 3. The van der Waals surface area contributed by atoms with Crippen molar-refractivity contribution < 1.29 is 17.6 Å². The third-order valence-electron chi connectivity index (χ3n) is 4.97. The molecule has 1 N–H and O–H groups in total. The maximum Gasteiger partial charge on any atom is 0.322 e. The smallest absolute Gasteiger partial charge is 0.322 e. The molecule has 3 aromatic rings. The van der Waals surface area contributed by atoms with Crippen molar-refractivity contribution in [2.75, 3.05) is 18.4 Å². The van der Waals surface area contributed by atoms with Crippen LogP contribution in [0.25, 0.3) is 11.5 Å². The standard InChI is InChI=1S/C21H24N4O4S3/c1-14(2)31-17-9-7-15(8-10-17)20-23-24-21(29-20)22-19(26)16-5-3-11-25(13-16)32(27,28)18-6-4-12-30-18/h4,6-10,12,14,16H,3,5,11,13H2,1-2H3,(H,22,24,26). The van der Waals surface area contributed by atoms with Gasteiger partial charge in [-0.1, -0.05) is 25.0 Å². The van der Waals surface area contributed by atoms with Gasteiger partial charge in [-0.2, -0.15) is 4.31 Å². The molecule has 11 heteroatoms. The van der Waals surface area contributed by atoms with Crippen LogP contribution >= 0.6 is 23.1 Å². The molecule has 0 spiro atoms. The molecule has 1 amide bonds. The van der Waals surface area contributed by atoms with Gasteiger partial charge in [0.05, 0.1) is 5.92 Å². The Balaban J connectivity index is 1.39. The summed E-state index contributed by atoms with van der Waals surface area (Å²) in [5, 5.41) is 12.8. The van der Waals surface area contributed by atoms with E-state index in [0.29, 0.717) is 30.5 Å². The van der Waals surface area contributed by atoms with Crippen LogP contribution in [0.1, 0.15) is 26.7 Å². The Morgan fingerprint density at radius 2 is 2.03 bits per heavy atom. The van der Waals surface area contributed by atoms with Crippen LogP contribution < -0.4 is 5.32 Å². The maximum absolute atomic E-state index is 12.8. The SMILES string of the molecule is CC(C)Sc1ccc(-c2nnc(NC(=O)C3CCCN(S(=O)(=O)c4cccs4)C3)o2)cc1. The molecule has 1 unspecified atom stereocenters. The van der Waals surface area contributed by atoms with Gasteiger partial charge >= 0.3 is 6.01 Å². The normalized spacial score (nSPS) is 17.5. The number of benzene rings is 1. The van der Waals surface area contributed by atoms with E-state index in [1.807, 2.05) is 24.3 Å². The van der Waals surface area contributed by atoms with Crippen molar-refractivity contribution in [3.05, 3.63) is 41.8 Å². The minimum absolute atomic E-state index is 0.00358. The summed E-state index contributed by atoms with van der Waals surface area (Å²) < 4.78 is 32.8. The Morgan fingerprint density at radius 3 is 2.72 bits per heavy atom. The summed E-state index contributed by atoms with van der Waals surface area (Å²) in [5.41, 5.74) is 0.761. The lowest BCUT2D eigenvalue weighted by molar-refractivity contribution is -0.121. The highest BCUT2D eigenvalue weighted by molar-refractivity contribution is 7.99. The first kappa shape index (κ1) is 23.0. The molecule has 1 atom stereocenters. The number of piperidine rings is 1. The van der Waals surface area contributed by atoms with Crippen LogP contribution in [0.15, 0.2) is 55.3 Å². The fourth-order valence-electron chi connectivity index (χ4n) is 3.46. The molecule has 1 fully saturated rings. The molecule has 1 aliphatic rings. The molecular weight excluding hydrogens is 468 g/mol. The van der Waals surface area contributed by atoms with Crippen molar-refractivity contribution in [3.8, 4) is 11.5 Å². The third-order valence-corrected chi connectivity index (χ3v) is 9.23. The lowest BCUT2D eigenvalue weighted by atomic mass is 9.99. The van der Waals surface area contributed by atoms with E-state index in [4.69, 9.17) is 4.42 Å². The van der Waals surface area contributed by atoms with Crippen LogP contribution in [0.4, 0.5) is 6.01 Å². The van der Waals surface area contributed by atoms with Crippen LogP contribution in [0.2, 0.25) is 0 Å². The summed E-state index contributed by atoms with van der Waals surface area (Å²) in [4.78, 5) is 13.9. The minimum atomic E-state index is -3.58. The average Bonchev–Trinajstić information content (AvgIpc) is 3.47. The monoisotopic (exact) mass is 492 g/mol. The second kappa shape index (κ2) is 9.74. The van der Waals surface area contributed by atoms with E-state index in [2.05, 4.69) is 29.4 Å². The first-order valence-electron chi connectivity index (χ1n) is 10.3. The summed E-state index contributed by atoms with van der Waals surface area (Å²) in [6.45, 7) is 4.80. The second-order valence-electron chi connectivity index (χ2n) is 7.73. The number of anilines is 1. The number of hydrogen-bond acceptors (Lipinski definition) is 8. The van der Waals surface area contributed by atoms with Crippen molar-refractivity contribution in [1.82, 2.24) is 14.5 Å². The van der Waals surface area contributed by atoms with E-state index in [1.54, 1.807) is 29.3 Å². The molecule has 32 heavy (non-hydrogen) atoms. The van der Waals surface area contributed by atoms with Gasteiger partial charge in [-0.3, -0.25) is 10.1 Å². The highest BCUT2D eigenvalue weighted by Crippen LogP contribution is 2.28. The topological polar surface area (TPSA) is 105 Å². The summed E-state index contributed by atoms with van der Waals surface area (Å²) in [5.74, 6) is -0.497. The van der Waals surface area contributed by atoms with Gasteiger partial charge in [-0.15, -0.1) is 28.2 Å². The van der Waals surface area contributed by atoms with Gasteiger partial charge in [0.2, 0.25) is 11.8 Å². The number of sulfonamides is 1. The Kier molecular flexibility index (Phi) is 6.99. The molecule has 4 rings (SSSR count). The van der Waals surface area contributed by atoms with Crippen molar-refractivity contribution in [3.63, 3.8) is 0 Å². The Morgan fingerprint density at radius 1 is 1.25 bits per heavy atom. The quantitative estimate of drug-likeness (QED) is 0.489. The molecule has 1 saturated heterocycles. The van der Waals surface area contributed by atoms with Crippen LogP contribution in [0.5, 0.6) is 0 Å². The summed E-state index contributed by atoms with van der Waals surface area (Å²) in [7, 11) is -3.58. The Bertz CT molecular complexity index is 1160. The lowest BCUT2D eigenvalue weighted by Gasteiger charge is -2.30. The molecule has 0 saturated carbocycles. The number of hydrogen-bond donors (Lipinski definition) is 1. The molecule has 2 aromatic heterocycles. The zero-order chi connectivity index (χ0) is 22.7. The number of rotatable bonds is 7. The van der Waals surface area contributed by atoms with Gasteiger partial charge in [0.1, 0.15) is 4.21 Å². The fourth-order valence-corrected chi connectivity index (χ4v) is 6.96. The number of thioether (sulfide) groups is 1. The maximum atomic E-state index is 12.8. The zero-order valence-electron chi connectivity index (χ0n) is 17.7. The zero-order valence-corrected chi connectivity index (χ0v) is 20.2. The van der Waals surface area contributed by atoms with Crippen LogP contribution in [0, 0.1) is 5.92 Å². The molecule has 1 aromatic carbocycles. The summed E-state index contributed by atoms with van der Waals surface area (Å²) in [6.07, 6.45) is 1.21. The van der Waals surface area contributed by atoms with E-state index >= 15 is 0 Å². The van der Waals surface area contributed by atoms with E-state index in [9.17, 15) is 13.2 Å². The molecule has 0 aliphatic carbocycles. The van der Waals surface area contributed by atoms with Gasteiger partial charge in [0.25, 0.3) is 10.0 Å². The predicted octanol–water partition coefficient (Wildman–Crippen LogP) is 4.34. The average molecular weight is 493 g/mol. The number of nitrogens with one attached hydrogen (secondary N) is 1. The van der Waals surface area contributed by atoms with Crippen LogP contribution in [-0.4, -0.2) is 47.2 Å². The van der Waals surface area contributed by atoms with Crippen LogP contribution in [0.3, 0.4) is 0 Å². The Hall–Kier alpha value is -2.21.